The van der Waals surface area contributed by atoms with Crippen LogP contribution in [0.25, 0.3) is 0 Å². The number of hydrogen-bond acceptors (Lipinski definition) is 3. The quantitative estimate of drug-likeness (QED) is 0.814. The predicted molar refractivity (Wildman–Crippen MR) is 105 cm³/mol. The zero-order chi connectivity index (χ0) is 19.4. The zero-order valence-electron chi connectivity index (χ0n) is 15.8. The van der Waals surface area contributed by atoms with E-state index in [2.05, 4.69) is 7.05 Å². The average Bonchev–Trinajstić information content (AvgIpc) is 2.67. The number of anilines is 1. The number of piperazine rings is 1. The van der Waals surface area contributed by atoms with Crippen molar-refractivity contribution in [3.05, 3.63) is 60.2 Å². The van der Waals surface area contributed by atoms with E-state index >= 15 is 0 Å². The van der Waals surface area contributed by atoms with E-state index in [4.69, 9.17) is 0 Å². The van der Waals surface area contributed by atoms with E-state index in [0.717, 1.165) is 18.7 Å². The topological polar surface area (TPSA) is 62.1 Å². The highest BCUT2D eigenvalue weighted by molar-refractivity contribution is 7.92. The monoisotopic (exact) mass is 388 g/mol. The molecule has 1 saturated heterocycles. The van der Waals surface area contributed by atoms with Crippen molar-refractivity contribution in [3.8, 4) is 0 Å². The summed E-state index contributed by atoms with van der Waals surface area (Å²) in [7, 11) is -1.74. The zero-order valence-corrected chi connectivity index (χ0v) is 16.6. The summed E-state index contributed by atoms with van der Waals surface area (Å²) < 4.78 is 27.8. The molecule has 1 aliphatic heterocycles. The molecule has 1 fully saturated rings. The maximum atomic E-state index is 13.3. The van der Waals surface area contributed by atoms with Gasteiger partial charge < -0.3 is 9.80 Å². The number of hydrogen-bond donors (Lipinski definition) is 1. The molecule has 6 nitrogen and oxygen atoms in total. The number of sulfonamides is 1. The van der Waals surface area contributed by atoms with Crippen LogP contribution >= 0.6 is 0 Å². The Morgan fingerprint density at radius 1 is 1.07 bits per heavy atom. The lowest BCUT2D eigenvalue weighted by Crippen LogP contribution is -3.12. The molecule has 27 heavy (non-hydrogen) atoms. The number of aryl methyl sites for hydroxylation is 1. The van der Waals surface area contributed by atoms with Gasteiger partial charge in [-0.3, -0.25) is 9.10 Å². The minimum atomic E-state index is -3.83. The minimum absolute atomic E-state index is 0.163. The fourth-order valence-electron chi connectivity index (χ4n) is 3.18. The number of benzene rings is 2. The second-order valence-electron chi connectivity index (χ2n) is 7.00. The Kier molecular flexibility index (Phi) is 5.82. The first kappa shape index (κ1) is 19.4. The molecule has 7 heteroatoms. The molecule has 0 radical (unpaired) electrons. The predicted octanol–water partition coefficient (Wildman–Crippen LogP) is 0.547. The molecular weight excluding hydrogens is 362 g/mol. The van der Waals surface area contributed by atoms with Crippen molar-refractivity contribution >= 4 is 21.6 Å². The van der Waals surface area contributed by atoms with Crippen LogP contribution in [0.2, 0.25) is 0 Å². The van der Waals surface area contributed by atoms with Gasteiger partial charge in [-0.25, -0.2) is 8.42 Å². The van der Waals surface area contributed by atoms with Gasteiger partial charge in [-0.05, 0) is 36.8 Å². The summed E-state index contributed by atoms with van der Waals surface area (Å²) in [6.07, 6.45) is 0. The number of rotatable bonds is 5. The summed E-state index contributed by atoms with van der Waals surface area (Å²) in [5.41, 5.74) is 1.45. The van der Waals surface area contributed by atoms with Crippen LogP contribution in [-0.2, 0) is 14.8 Å². The van der Waals surface area contributed by atoms with Crippen LogP contribution in [-0.4, -0.2) is 59.0 Å². The maximum Gasteiger partial charge on any atom is 0.264 e. The summed E-state index contributed by atoms with van der Waals surface area (Å²) in [4.78, 5) is 16.2. The van der Waals surface area contributed by atoms with Crippen molar-refractivity contribution in [2.45, 2.75) is 11.8 Å². The second kappa shape index (κ2) is 8.10. The van der Waals surface area contributed by atoms with Gasteiger partial charge in [0.1, 0.15) is 6.54 Å². The molecule has 1 N–H and O–H groups in total. The van der Waals surface area contributed by atoms with Crippen LogP contribution in [0.5, 0.6) is 0 Å². The standard InChI is InChI=1S/C20H25N3O3S/c1-17-7-6-8-18(15-17)23(27(25,26)19-9-4-3-5-10-19)16-20(24)22-13-11-21(2)12-14-22/h3-10,15H,11-14,16H2,1-2H3/p+1. The molecule has 144 valence electrons. The Morgan fingerprint density at radius 2 is 1.74 bits per heavy atom. The van der Waals surface area contributed by atoms with Crippen LogP contribution in [0.1, 0.15) is 5.56 Å². The normalized spacial score (nSPS) is 15.6. The largest absolute Gasteiger partial charge is 0.334 e. The SMILES string of the molecule is Cc1cccc(N(CC(=O)N2CC[NH+](C)CC2)S(=O)(=O)c2ccccc2)c1. The molecular formula is C20H26N3O3S+. The number of carbonyl (C=O) groups excluding carboxylic acids is 1. The summed E-state index contributed by atoms with van der Waals surface area (Å²) in [6.45, 7) is 4.76. The van der Waals surface area contributed by atoms with Crippen molar-refractivity contribution in [3.63, 3.8) is 0 Å². The molecule has 2 aromatic rings. The highest BCUT2D eigenvalue weighted by Crippen LogP contribution is 2.24. The van der Waals surface area contributed by atoms with Crippen molar-refractivity contribution in [1.82, 2.24) is 4.90 Å². The number of likely N-dealkylation sites (N-methyl/N-ethyl adjacent to an activating group) is 1. The Bertz CT molecular complexity index is 892. The van der Waals surface area contributed by atoms with E-state index in [9.17, 15) is 13.2 Å². The third-order valence-corrected chi connectivity index (χ3v) is 6.66. The molecule has 3 rings (SSSR count). The first-order valence-corrected chi connectivity index (χ1v) is 10.6. The Labute approximate surface area is 161 Å². The number of quaternary nitrogens is 1. The molecule has 2 aromatic carbocycles. The third-order valence-electron chi connectivity index (χ3n) is 4.87. The van der Waals surface area contributed by atoms with E-state index in [1.807, 2.05) is 19.1 Å². The van der Waals surface area contributed by atoms with E-state index < -0.39 is 10.0 Å². The van der Waals surface area contributed by atoms with E-state index in [1.54, 1.807) is 47.4 Å². The van der Waals surface area contributed by atoms with E-state index in [1.165, 1.54) is 9.21 Å². The molecule has 0 aromatic heterocycles. The van der Waals surface area contributed by atoms with E-state index in [-0.39, 0.29) is 17.3 Å². The van der Waals surface area contributed by atoms with Crippen molar-refractivity contribution in [1.29, 1.82) is 0 Å². The van der Waals surface area contributed by atoms with Crippen LogP contribution < -0.4 is 9.21 Å². The van der Waals surface area contributed by atoms with Gasteiger partial charge in [0.2, 0.25) is 5.91 Å². The van der Waals surface area contributed by atoms with Gasteiger partial charge >= 0.3 is 0 Å². The molecule has 1 aliphatic rings. The average molecular weight is 389 g/mol. The molecule has 0 unspecified atom stereocenters. The minimum Gasteiger partial charge on any atom is -0.334 e. The molecule has 0 spiro atoms. The highest BCUT2D eigenvalue weighted by atomic mass is 32.2. The Morgan fingerprint density at radius 3 is 2.37 bits per heavy atom. The van der Waals surface area contributed by atoms with Crippen molar-refractivity contribution in [2.75, 3.05) is 44.1 Å². The molecule has 0 bridgehead atoms. The van der Waals surface area contributed by atoms with Gasteiger partial charge in [-0.15, -0.1) is 0 Å². The fourth-order valence-corrected chi connectivity index (χ4v) is 4.61. The number of nitrogens with one attached hydrogen (secondary N) is 1. The molecule has 0 saturated carbocycles. The van der Waals surface area contributed by atoms with Crippen LogP contribution in [0.15, 0.2) is 59.5 Å². The summed E-state index contributed by atoms with van der Waals surface area (Å²) in [5.74, 6) is -0.163. The van der Waals surface area contributed by atoms with Crippen LogP contribution in [0, 0.1) is 6.92 Å². The van der Waals surface area contributed by atoms with Crippen LogP contribution in [0.3, 0.4) is 0 Å². The number of carbonyl (C=O) groups is 1. The van der Waals surface area contributed by atoms with Gasteiger partial charge in [0.25, 0.3) is 10.0 Å². The highest BCUT2D eigenvalue weighted by Gasteiger charge is 2.30. The first-order valence-electron chi connectivity index (χ1n) is 9.11. The third kappa shape index (κ3) is 4.48. The Balaban J connectivity index is 1.92. The molecule has 1 amide bonds. The second-order valence-corrected chi connectivity index (χ2v) is 8.86. The lowest BCUT2D eigenvalue weighted by molar-refractivity contribution is -0.883. The maximum absolute atomic E-state index is 13.3. The summed E-state index contributed by atoms with van der Waals surface area (Å²) in [5, 5.41) is 0. The lowest BCUT2D eigenvalue weighted by atomic mass is 10.2. The molecule has 0 aliphatic carbocycles. The lowest BCUT2D eigenvalue weighted by Gasteiger charge is -2.32. The molecule has 1 heterocycles. The van der Waals surface area contributed by atoms with E-state index in [0.29, 0.717) is 18.8 Å². The smallest absolute Gasteiger partial charge is 0.264 e. The van der Waals surface area contributed by atoms with Crippen molar-refractivity contribution < 1.29 is 18.1 Å². The number of nitrogens with zero attached hydrogens (tertiary/aromatic N) is 2. The summed E-state index contributed by atoms with van der Waals surface area (Å²) >= 11 is 0. The first-order chi connectivity index (χ1) is 12.9. The number of amides is 1. The van der Waals surface area contributed by atoms with Crippen molar-refractivity contribution in [2.24, 2.45) is 0 Å². The van der Waals surface area contributed by atoms with Gasteiger partial charge in [-0.2, -0.15) is 0 Å². The van der Waals surface area contributed by atoms with Gasteiger partial charge in [0.15, 0.2) is 0 Å². The summed E-state index contributed by atoms with van der Waals surface area (Å²) in [6, 6.07) is 15.5. The van der Waals surface area contributed by atoms with Gasteiger partial charge in [0.05, 0.1) is 43.8 Å². The molecule has 0 atom stereocenters. The fraction of sp³-hybridized carbons (Fsp3) is 0.350. The van der Waals surface area contributed by atoms with Crippen LogP contribution in [0.4, 0.5) is 5.69 Å². The Hall–Kier alpha value is -2.38. The van der Waals surface area contributed by atoms with Gasteiger partial charge in [-0.1, -0.05) is 30.3 Å². The van der Waals surface area contributed by atoms with Gasteiger partial charge in [0, 0.05) is 0 Å².